The lowest BCUT2D eigenvalue weighted by molar-refractivity contribution is -0.138. The Bertz CT molecular complexity index is 2380. The van der Waals surface area contributed by atoms with E-state index in [1.165, 1.54) is 19.2 Å². The van der Waals surface area contributed by atoms with Crippen LogP contribution in [-0.2, 0) is 21.3 Å². The van der Waals surface area contributed by atoms with Crippen molar-refractivity contribution in [1.82, 2.24) is 14.0 Å². The standard InChI is InChI=1S/C36H33N3O12/c1-6-26(40)50-7-8-51-34(49)25-12-21-20(11-24(25)33(47)48)29(43)38(30(21)44)16-36(4)14-17(13-35(2,3)15-36)39-31(45)22-9-18-19(10-23(22)32(39)46)28(42)37(5)27(18)41/h6,9-12,17H,1,7-8,13-16H2,2-5H3,(H,47,48). The summed E-state index contributed by atoms with van der Waals surface area (Å²) < 4.78 is 11.8. The third-order valence-corrected chi connectivity index (χ3v) is 9.74. The first-order valence-electron chi connectivity index (χ1n) is 16.0. The van der Waals surface area contributed by atoms with E-state index >= 15 is 0 Å². The summed E-state index contributed by atoms with van der Waals surface area (Å²) in [4.78, 5) is 117. The lowest BCUT2D eigenvalue weighted by Crippen LogP contribution is -2.47. The van der Waals surface area contributed by atoms with Crippen LogP contribution in [0, 0.1) is 10.8 Å². The lowest BCUT2D eigenvalue weighted by Gasteiger charge is -2.47. The molecule has 2 atom stereocenters. The van der Waals surface area contributed by atoms with Crippen LogP contribution in [0.4, 0.5) is 0 Å². The van der Waals surface area contributed by atoms with E-state index in [4.69, 9.17) is 9.47 Å². The van der Waals surface area contributed by atoms with Gasteiger partial charge in [-0.15, -0.1) is 0 Å². The van der Waals surface area contributed by atoms with Gasteiger partial charge < -0.3 is 14.6 Å². The van der Waals surface area contributed by atoms with Gasteiger partial charge in [-0.05, 0) is 54.4 Å². The number of hydrogen-bond acceptors (Lipinski definition) is 11. The molecule has 6 rings (SSSR count). The maximum absolute atomic E-state index is 13.8. The predicted molar refractivity (Wildman–Crippen MR) is 181 cm³/mol. The largest absolute Gasteiger partial charge is 0.478 e. The van der Waals surface area contributed by atoms with Crippen molar-refractivity contribution in [2.75, 3.05) is 19.8 Å². The van der Waals surface area contributed by atoms with Crippen molar-refractivity contribution < 1.29 is 38.6 Å². The van der Waals surface area contributed by atoms with Crippen LogP contribution in [0.1, 0.15) is 87.5 Å². The molecule has 1 saturated carbocycles. The van der Waals surface area contributed by atoms with Crippen molar-refractivity contribution >= 4 is 51.3 Å². The fourth-order valence-corrected chi connectivity index (χ4v) is 7.95. The van der Waals surface area contributed by atoms with E-state index in [0.717, 1.165) is 32.2 Å². The number of ether oxygens (including phenoxy) is 2. The van der Waals surface area contributed by atoms with E-state index in [1.807, 2.05) is 20.8 Å². The second-order valence-corrected chi connectivity index (χ2v) is 14.3. The minimum Gasteiger partial charge on any atom is -0.478 e. The number of benzene rings is 2. The van der Waals surface area contributed by atoms with Gasteiger partial charge in [0.2, 0.25) is 0 Å². The Morgan fingerprint density at radius 3 is 1.84 bits per heavy atom. The Morgan fingerprint density at radius 2 is 1.31 bits per heavy atom. The molecule has 1 N–H and O–H groups in total. The summed E-state index contributed by atoms with van der Waals surface area (Å²) in [6, 6.07) is 3.85. The molecule has 264 valence electrons. The number of aromatic nitrogens is 2. The first kappa shape index (κ1) is 34.9. The molecule has 2 amide bonds. The van der Waals surface area contributed by atoms with Gasteiger partial charge in [-0.25, -0.2) is 14.4 Å². The van der Waals surface area contributed by atoms with E-state index in [0.29, 0.717) is 12.8 Å². The third-order valence-electron chi connectivity index (χ3n) is 9.74. The zero-order chi connectivity index (χ0) is 37.3. The quantitative estimate of drug-likeness (QED) is 0.115. The number of nitrogens with zero attached hydrogens (tertiary/aromatic N) is 3. The highest BCUT2D eigenvalue weighted by atomic mass is 16.6. The number of carbonyl (C=O) groups excluding carboxylic acids is 4. The van der Waals surface area contributed by atoms with Crippen molar-refractivity contribution in [2.24, 2.45) is 17.9 Å². The van der Waals surface area contributed by atoms with Crippen molar-refractivity contribution in [3.8, 4) is 0 Å². The molecule has 0 radical (unpaired) electrons. The molecule has 2 aromatic carbocycles. The highest BCUT2D eigenvalue weighted by molar-refractivity contribution is 6.23. The Morgan fingerprint density at radius 1 is 0.804 bits per heavy atom. The highest BCUT2D eigenvalue weighted by Gasteiger charge is 2.47. The van der Waals surface area contributed by atoms with Crippen LogP contribution in [-0.4, -0.2) is 68.6 Å². The third kappa shape index (κ3) is 5.77. The number of imide groups is 1. The Hall–Kier alpha value is -5.99. The molecular formula is C36H33N3O12. The zero-order valence-corrected chi connectivity index (χ0v) is 28.2. The number of esters is 2. The van der Waals surface area contributed by atoms with Crippen molar-refractivity contribution in [2.45, 2.75) is 46.1 Å². The molecule has 3 heterocycles. The van der Waals surface area contributed by atoms with E-state index in [2.05, 4.69) is 6.58 Å². The molecule has 1 aliphatic heterocycles. The average molecular weight is 700 g/mol. The Labute approximate surface area is 288 Å². The van der Waals surface area contributed by atoms with Gasteiger partial charge in [-0.2, -0.15) is 0 Å². The van der Waals surface area contributed by atoms with E-state index in [9.17, 15) is 48.3 Å². The maximum atomic E-state index is 13.8. The summed E-state index contributed by atoms with van der Waals surface area (Å²) in [6.07, 6.45) is 1.99. The number of hydrogen-bond donors (Lipinski definition) is 1. The molecular weight excluding hydrogens is 666 g/mol. The monoisotopic (exact) mass is 699 g/mol. The average Bonchev–Trinajstić information content (AvgIpc) is 3.54. The maximum Gasteiger partial charge on any atom is 0.339 e. The number of fused-ring (bicyclic) bond motifs is 3. The van der Waals surface area contributed by atoms with E-state index < -0.39 is 86.6 Å². The van der Waals surface area contributed by atoms with Crippen LogP contribution >= 0.6 is 0 Å². The summed E-state index contributed by atoms with van der Waals surface area (Å²) in [6.45, 7) is 8.06. The number of aromatic carboxylic acids is 1. The van der Waals surface area contributed by atoms with E-state index in [1.54, 1.807) is 0 Å². The fourth-order valence-electron chi connectivity index (χ4n) is 7.95. The van der Waals surface area contributed by atoms with Crippen molar-refractivity contribution in [3.63, 3.8) is 0 Å². The molecule has 15 heteroatoms. The number of amides is 2. The Kier molecular flexibility index (Phi) is 8.27. The smallest absolute Gasteiger partial charge is 0.339 e. The fraction of sp³-hybridized carbons (Fsp3) is 0.361. The Balaban J connectivity index is 1.30. The summed E-state index contributed by atoms with van der Waals surface area (Å²) in [5.74, 6) is -4.95. The minimum atomic E-state index is -1.54. The molecule has 0 spiro atoms. The minimum absolute atomic E-state index is 0.0157. The van der Waals surface area contributed by atoms with Gasteiger partial charge in [0.25, 0.3) is 34.1 Å². The van der Waals surface area contributed by atoms with Crippen LogP contribution in [0.3, 0.4) is 0 Å². The van der Waals surface area contributed by atoms with Gasteiger partial charge in [0.15, 0.2) is 0 Å². The number of carboxylic acids is 1. The zero-order valence-electron chi connectivity index (χ0n) is 28.2. The van der Waals surface area contributed by atoms with Crippen LogP contribution in [0.25, 0.3) is 21.5 Å². The van der Waals surface area contributed by atoms with Gasteiger partial charge in [0.1, 0.15) is 13.2 Å². The van der Waals surface area contributed by atoms with Gasteiger partial charge in [0.05, 0.1) is 43.8 Å². The van der Waals surface area contributed by atoms with E-state index in [-0.39, 0.29) is 52.2 Å². The topological polar surface area (TPSA) is 205 Å². The van der Waals surface area contributed by atoms with Crippen LogP contribution in [0.5, 0.6) is 0 Å². The number of carbonyl (C=O) groups is 5. The first-order chi connectivity index (χ1) is 23.9. The normalized spacial score (nSPS) is 19.8. The second-order valence-electron chi connectivity index (χ2n) is 14.3. The van der Waals surface area contributed by atoms with Gasteiger partial charge in [0, 0.05) is 25.7 Å². The predicted octanol–water partition coefficient (Wildman–Crippen LogP) is 2.09. The molecule has 15 nitrogen and oxygen atoms in total. The summed E-state index contributed by atoms with van der Waals surface area (Å²) in [7, 11) is 1.32. The van der Waals surface area contributed by atoms with Crippen molar-refractivity contribution in [3.05, 3.63) is 101 Å². The molecule has 1 fully saturated rings. The second kappa shape index (κ2) is 12.1. The van der Waals surface area contributed by atoms with Gasteiger partial charge >= 0.3 is 17.9 Å². The molecule has 4 aromatic rings. The molecule has 51 heavy (non-hydrogen) atoms. The highest BCUT2D eigenvalue weighted by Crippen LogP contribution is 2.51. The van der Waals surface area contributed by atoms with Gasteiger partial charge in [-0.3, -0.25) is 42.8 Å². The van der Waals surface area contributed by atoms with Crippen LogP contribution < -0.4 is 22.2 Å². The molecule has 2 aromatic heterocycles. The SMILES string of the molecule is C=CC(=O)OCCOC(=O)c1cc2c(cc1C(=O)O)C(=O)N(CC1(C)CC(n3c(=O)c4cc5c(=O)n(C)c(=O)c5cc4c3=O)CC(C)(C)C1)C2=O. The first-order valence-corrected chi connectivity index (χ1v) is 16.0. The van der Waals surface area contributed by atoms with Gasteiger partial charge in [-0.1, -0.05) is 27.4 Å². The summed E-state index contributed by atoms with van der Waals surface area (Å²) in [5.41, 5.74) is -5.17. The lowest BCUT2D eigenvalue weighted by atomic mass is 9.62. The number of rotatable bonds is 9. The summed E-state index contributed by atoms with van der Waals surface area (Å²) in [5, 5.41) is 9.95. The van der Waals surface area contributed by atoms with Crippen LogP contribution in [0.2, 0.25) is 0 Å². The molecule has 1 aliphatic carbocycles. The number of carboxylic acid groups (broad SMARTS) is 1. The van der Waals surface area contributed by atoms with Crippen LogP contribution in [0.15, 0.2) is 56.1 Å². The van der Waals surface area contributed by atoms with Crippen molar-refractivity contribution in [1.29, 1.82) is 0 Å². The molecule has 0 bridgehead atoms. The molecule has 2 unspecified atom stereocenters. The summed E-state index contributed by atoms with van der Waals surface area (Å²) >= 11 is 0. The molecule has 0 saturated heterocycles. The molecule has 2 aliphatic rings.